The van der Waals surface area contributed by atoms with Crippen LogP contribution in [-0.2, 0) is 0 Å². The molecular formula is C13H19O. The van der Waals surface area contributed by atoms with E-state index in [9.17, 15) is 0 Å². The Morgan fingerprint density at radius 2 is 1.86 bits per heavy atom. The number of rotatable bonds is 3. The van der Waals surface area contributed by atoms with E-state index in [1.54, 1.807) is 0 Å². The second-order valence-electron chi connectivity index (χ2n) is 4.09. The van der Waals surface area contributed by atoms with Crippen LogP contribution in [0.4, 0.5) is 0 Å². The van der Waals surface area contributed by atoms with Crippen molar-refractivity contribution in [1.29, 1.82) is 0 Å². The van der Waals surface area contributed by atoms with Gasteiger partial charge in [-0.05, 0) is 50.8 Å². The largest absolute Gasteiger partial charge is 0.491 e. The maximum absolute atomic E-state index is 5.66. The minimum Gasteiger partial charge on any atom is -0.491 e. The molecule has 0 spiro atoms. The second-order valence-corrected chi connectivity index (χ2v) is 4.09. The molecule has 0 aliphatic heterocycles. The van der Waals surface area contributed by atoms with Crippen LogP contribution in [0.2, 0.25) is 0 Å². The van der Waals surface area contributed by atoms with E-state index in [-0.39, 0.29) is 6.10 Å². The van der Waals surface area contributed by atoms with Gasteiger partial charge in [0.05, 0.1) is 6.10 Å². The predicted molar refractivity (Wildman–Crippen MR) is 60.7 cm³/mol. The highest BCUT2D eigenvalue weighted by molar-refractivity contribution is 5.37. The molecule has 0 saturated carbocycles. The Labute approximate surface area is 87.1 Å². The van der Waals surface area contributed by atoms with E-state index < -0.39 is 0 Å². The maximum atomic E-state index is 5.66. The third-order valence-corrected chi connectivity index (χ3v) is 2.13. The van der Waals surface area contributed by atoms with Crippen molar-refractivity contribution in [1.82, 2.24) is 0 Å². The molecule has 1 aromatic carbocycles. The van der Waals surface area contributed by atoms with Gasteiger partial charge in [-0.25, -0.2) is 0 Å². The molecule has 0 fully saturated rings. The summed E-state index contributed by atoms with van der Waals surface area (Å²) in [6, 6.07) is 6.27. The van der Waals surface area contributed by atoms with Gasteiger partial charge in [0.25, 0.3) is 0 Å². The molecular weight excluding hydrogens is 172 g/mol. The van der Waals surface area contributed by atoms with E-state index in [0.29, 0.717) is 5.92 Å². The summed E-state index contributed by atoms with van der Waals surface area (Å²) in [5.74, 6) is 1.31. The van der Waals surface area contributed by atoms with Crippen molar-refractivity contribution in [3.8, 4) is 5.75 Å². The van der Waals surface area contributed by atoms with Crippen molar-refractivity contribution in [2.24, 2.45) is 0 Å². The summed E-state index contributed by atoms with van der Waals surface area (Å²) in [6.45, 7) is 12.2. The fraction of sp³-hybridized carbons (Fsp3) is 0.462. The molecule has 0 saturated heterocycles. The molecule has 0 heterocycles. The first-order chi connectivity index (χ1) is 6.50. The van der Waals surface area contributed by atoms with Gasteiger partial charge in [-0.1, -0.05) is 19.1 Å². The van der Waals surface area contributed by atoms with E-state index in [1.165, 1.54) is 11.1 Å². The Morgan fingerprint density at radius 3 is 2.29 bits per heavy atom. The van der Waals surface area contributed by atoms with Gasteiger partial charge in [0.15, 0.2) is 0 Å². The Hall–Kier alpha value is -0.980. The van der Waals surface area contributed by atoms with Crippen LogP contribution in [0.15, 0.2) is 18.2 Å². The zero-order valence-corrected chi connectivity index (χ0v) is 9.50. The van der Waals surface area contributed by atoms with E-state index in [0.717, 1.165) is 5.75 Å². The molecule has 1 aromatic rings. The minimum absolute atomic E-state index is 0.233. The van der Waals surface area contributed by atoms with E-state index in [4.69, 9.17) is 4.74 Å². The van der Waals surface area contributed by atoms with Crippen LogP contribution < -0.4 is 4.74 Å². The quantitative estimate of drug-likeness (QED) is 0.707. The summed E-state index contributed by atoms with van der Waals surface area (Å²) in [5.41, 5.74) is 2.45. The normalized spacial score (nSPS) is 11.1. The molecule has 14 heavy (non-hydrogen) atoms. The van der Waals surface area contributed by atoms with Crippen LogP contribution in [0.5, 0.6) is 5.75 Å². The van der Waals surface area contributed by atoms with Crippen molar-refractivity contribution in [3.63, 3.8) is 0 Å². The standard InChI is InChI=1S/C13H19O/c1-9(2)12-6-7-13(11(5)8-12)14-10(3)4/h6-10H,1H2,2-5H3. The van der Waals surface area contributed by atoms with Crippen LogP contribution in [0.3, 0.4) is 0 Å². The number of hydrogen-bond acceptors (Lipinski definition) is 1. The lowest BCUT2D eigenvalue weighted by Crippen LogP contribution is -2.06. The van der Waals surface area contributed by atoms with E-state index in [2.05, 4.69) is 32.9 Å². The zero-order valence-electron chi connectivity index (χ0n) is 9.50. The maximum Gasteiger partial charge on any atom is 0.122 e. The third-order valence-electron chi connectivity index (χ3n) is 2.13. The van der Waals surface area contributed by atoms with E-state index >= 15 is 0 Å². The average Bonchev–Trinajstić information content (AvgIpc) is 2.07. The Morgan fingerprint density at radius 1 is 1.21 bits per heavy atom. The third kappa shape index (κ3) is 2.76. The molecule has 0 N–H and O–H groups in total. The van der Waals surface area contributed by atoms with E-state index in [1.807, 2.05) is 19.9 Å². The number of aryl methyl sites for hydroxylation is 1. The van der Waals surface area contributed by atoms with Crippen molar-refractivity contribution in [3.05, 3.63) is 36.2 Å². The summed E-state index contributed by atoms with van der Waals surface area (Å²) in [5, 5.41) is 0. The highest BCUT2D eigenvalue weighted by Crippen LogP contribution is 2.23. The molecule has 0 aliphatic carbocycles. The van der Waals surface area contributed by atoms with Crippen LogP contribution >= 0.6 is 0 Å². The van der Waals surface area contributed by atoms with Crippen molar-refractivity contribution < 1.29 is 4.74 Å². The first kappa shape index (κ1) is 11.1. The molecule has 1 atom stereocenters. The lowest BCUT2D eigenvalue weighted by molar-refractivity contribution is 0.240. The van der Waals surface area contributed by atoms with Crippen LogP contribution in [-0.4, -0.2) is 6.10 Å². The Kier molecular flexibility index (Phi) is 3.56. The smallest absolute Gasteiger partial charge is 0.122 e. The second kappa shape index (κ2) is 4.50. The molecule has 0 aliphatic rings. The zero-order chi connectivity index (χ0) is 10.7. The molecule has 1 unspecified atom stereocenters. The lowest BCUT2D eigenvalue weighted by Gasteiger charge is -2.14. The number of ether oxygens (including phenoxy) is 1. The predicted octanol–water partition coefficient (Wildman–Crippen LogP) is 3.72. The summed E-state index contributed by atoms with van der Waals surface area (Å²) in [6.07, 6.45) is 0.233. The lowest BCUT2D eigenvalue weighted by atomic mass is 10.0. The van der Waals surface area contributed by atoms with Gasteiger partial charge < -0.3 is 4.74 Å². The number of benzene rings is 1. The first-order valence-electron chi connectivity index (χ1n) is 5.11. The molecule has 1 nitrogen and oxygen atoms in total. The highest BCUT2D eigenvalue weighted by Gasteiger charge is 2.05. The first-order valence-corrected chi connectivity index (χ1v) is 5.11. The van der Waals surface area contributed by atoms with Crippen LogP contribution in [0.1, 0.15) is 37.8 Å². The van der Waals surface area contributed by atoms with Gasteiger partial charge in [-0.2, -0.15) is 0 Å². The van der Waals surface area contributed by atoms with Gasteiger partial charge in [-0.3, -0.25) is 0 Å². The molecule has 1 rings (SSSR count). The highest BCUT2D eigenvalue weighted by atomic mass is 16.5. The summed E-state index contributed by atoms with van der Waals surface area (Å²) in [4.78, 5) is 0. The van der Waals surface area contributed by atoms with Gasteiger partial charge in [0, 0.05) is 0 Å². The fourth-order valence-corrected chi connectivity index (χ4v) is 1.37. The number of hydrogen-bond donors (Lipinski definition) is 0. The topological polar surface area (TPSA) is 9.23 Å². The summed E-state index contributed by atoms with van der Waals surface area (Å²) in [7, 11) is 0. The average molecular weight is 191 g/mol. The SMILES string of the molecule is [CH2]C(C)c1ccc(OC(C)C)c(C)c1. The van der Waals surface area contributed by atoms with Crippen molar-refractivity contribution in [2.45, 2.75) is 39.7 Å². The van der Waals surface area contributed by atoms with Crippen LogP contribution in [0, 0.1) is 13.8 Å². The van der Waals surface area contributed by atoms with Gasteiger partial charge in [0.1, 0.15) is 5.75 Å². The molecule has 0 aromatic heterocycles. The molecule has 0 bridgehead atoms. The molecule has 77 valence electrons. The van der Waals surface area contributed by atoms with Gasteiger partial charge >= 0.3 is 0 Å². The monoisotopic (exact) mass is 191 g/mol. The minimum atomic E-state index is 0.233. The molecule has 1 radical (unpaired) electrons. The van der Waals surface area contributed by atoms with Crippen molar-refractivity contribution in [2.75, 3.05) is 0 Å². The summed E-state index contributed by atoms with van der Waals surface area (Å²) >= 11 is 0. The van der Waals surface area contributed by atoms with Gasteiger partial charge in [0.2, 0.25) is 0 Å². The molecule has 1 heteroatoms. The fourth-order valence-electron chi connectivity index (χ4n) is 1.37. The van der Waals surface area contributed by atoms with Gasteiger partial charge in [-0.15, -0.1) is 0 Å². The van der Waals surface area contributed by atoms with Crippen molar-refractivity contribution >= 4 is 0 Å². The molecule has 0 amide bonds. The van der Waals surface area contributed by atoms with Crippen LogP contribution in [0.25, 0.3) is 0 Å². The Balaban J connectivity index is 2.90. The Bertz CT molecular complexity index is 300. The summed E-state index contributed by atoms with van der Waals surface area (Å²) < 4.78 is 5.66.